The van der Waals surface area contributed by atoms with E-state index in [0.29, 0.717) is 0 Å². The quantitative estimate of drug-likeness (QED) is 0.509. The fourth-order valence-electron chi connectivity index (χ4n) is 1.02. The van der Waals surface area contributed by atoms with Gasteiger partial charge in [0.15, 0.2) is 0 Å². The van der Waals surface area contributed by atoms with Gasteiger partial charge in [0.25, 0.3) is 0 Å². The number of hydrogen-bond acceptors (Lipinski definition) is 4. The first-order chi connectivity index (χ1) is 8.17. The Morgan fingerprint density at radius 3 is 2.06 bits per heavy atom. The van der Waals surface area contributed by atoms with Gasteiger partial charge in [-0.3, -0.25) is 0 Å². The average molecular weight is 296 g/mol. The standard InChI is InChI=1S/C7H6N2.H4O7P2/c1-2-4-7-6(3-1)8-5-9-7;1-8(2,3)7-9(4,5)6/h1-5H,(H,8,9);(H2,1,2,3)(H2,4,5,6). The summed E-state index contributed by atoms with van der Waals surface area (Å²) in [5.41, 5.74) is 2.12. The Morgan fingerprint density at radius 2 is 1.61 bits per heavy atom. The van der Waals surface area contributed by atoms with Crippen molar-refractivity contribution in [3.8, 4) is 0 Å². The Morgan fingerprint density at radius 1 is 1.06 bits per heavy atom. The molecule has 2 rings (SSSR count). The Hall–Kier alpha value is -1.05. The third-order valence-corrected chi connectivity index (χ3v) is 3.24. The van der Waals surface area contributed by atoms with Crippen molar-refractivity contribution in [2.45, 2.75) is 0 Å². The van der Waals surface area contributed by atoms with E-state index >= 15 is 0 Å². The van der Waals surface area contributed by atoms with Crippen LogP contribution in [-0.4, -0.2) is 29.5 Å². The number of hydrogen-bond donors (Lipinski definition) is 5. The lowest BCUT2D eigenvalue weighted by atomic mass is 10.3. The first kappa shape index (κ1) is 15.0. The second-order valence-electron chi connectivity index (χ2n) is 2.98. The molecule has 0 saturated heterocycles. The minimum Gasteiger partial charge on any atom is -0.345 e. The van der Waals surface area contributed by atoms with E-state index in [1.165, 1.54) is 0 Å². The zero-order valence-corrected chi connectivity index (χ0v) is 10.5. The van der Waals surface area contributed by atoms with Crippen LogP contribution in [0.5, 0.6) is 0 Å². The molecule has 1 aromatic carbocycles. The summed E-state index contributed by atoms with van der Waals surface area (Å²) < 4.78 is 22.2. The maximum atomic E-state index is 9.63. The number of H-pyrrole nitrogens is 1. The number of aromatic amines is 1. The molecule has 11 heteroatoms. The molecule has 0 unspecified atom stereocenters. The number of para-hydroxylation sites is 2. The summed E-state index contributed by atoms with van der Waals surface area (Å²) in [7, 11) is -10.1. The molecular weight excluding hydrogens is 286 g/mol. The van der Waals surface area contributed by atoms with Gasteiger partial charge in [-0.25, -0.2) is 14.1 Å². The van der Waals surface area contributed by atoms with Crippen molar-refractivity contribution in [3.05, 3.63) is 30.6 Å². The van der Waals surface area contributed by atoms with E-state index < -0.39 is 15.6 Å². The van der Waals surface area contributed by atoms with Crippen LogP contribution in [0, 0.1) is 0 Å². The summed E-state index contributed by atoms with van der Waals surface area (Å²) >= 11 is 0. The number of nitrogens with one attached hydrogen (secondary N) is 1. The van der Waals surface area contributed by atoms with Crippen molar-refractivity contribution in [1.29, 1.82) is 0 Å². The van der Waals surface area contributed by atoms with Crippen LogP contribution >= 0.6 is 15.6 Å². The van der Waals surface area contributed by atoms with Gasteiger partial charge in [0, 0.05) is 0 Å². The lowest BCUT2D eigenvalue weighted by Gasteiger charge is -2.03. The summed E-state index contributed by atoms with van der Waals surface area (Å²) in [5.74, 6) is 0. The Bertz CT molecular complexity index is 550. The highest BCUT2D eigenvalue weighted by Crippen LogP contribution is 2.53. The molecule has 0 aliphatic carbocycles. The molecule has 0 fully saturated rings. The van der Waals surface area contributed by atoms with Crippen LogP contribution < -0.4 is 0 Å². The molecule has 0 amide bonds. The van der Waals surface area contributed by atoms with Crippen molar-refractivity contribution in [3.63, 3.8) is 0 Å². The monoisotopic (exact) mass is 296 g/mol. The van der Waals surface area contributed by atoms with Crippen molar-refractivity contribution < 1.29 is 33.0 Å². The summed E-state index contributed by atoms with van der Waals surface area (Å²) in [6.45, 7) is 0. The van der Waals surface area contributed by atoms with Crippen LogP contribution in [0.4, 0.5) is 0 Å². The van der Waals surface area contributed by atoms with Gasteiger partial charge in [0.05, 0.1) is 17.4 Å². The minimum absolute atomic E-state index is 1.03. The predicted molar refractivity (Wildman–Crippen MR) is 61.3 cm³/mol. The second-order valence-corrected chi connectivity index (χ2v) is 5.60. The lowest BCUT2D eigenvalue weighted by molar-refractivity contribution is 0.225. The van der Waals surface area contributed by atoms with Gasteiger partial charge in [-0.1, -0.05) is 12.1 Å². The summed E-state index contributed by atoms with van der Waals surface area (Å²) in [4.78, 5) is 38.1. The van der Waals surface area contributed by atoms with E-state index in [1.54, 1.807) is 6.33 Å². The van der Waals surface area contributed by atoms with Gasteiger partial charge in [-0.2, -0.15) is 4.31 Å². The number of phosphoric acid groups is 2. The minimum atomic E-state index is -5.05. The Kier molecular flexibility index (Phi) is 4.78. The van der Waals surface area contributed by atoms with E-state index in [4.69, 9.17) is 19.6 Å². The van der Waals surface area contributed by atoms with Crippen LogP contribution in [0.1, 0.15) is 0 Å². The van der Waals surface area contributed by atoms with Crippen molar-refractivity contribution in [2.24, 2.45) is 0 Å². The van der Waals surface area contributed by atoms with E-state index in [0.717, 1.165) is 11.0 Å². The number of benzene rings is 1. The Balaban J connectivity index is 0.000000180. The normalized spacial score (nSPS) is 12.0. The smallest absolute Gasteiger partial charge is 0.345 e. The van der Waals surface area contributed by atoms with Crippen molar-refractivity contribution in [1.82, 2.24) is 9.97 Å². The molecule has 0 radical (unpaired) electrons. The maximum absolute atomic E-state index is 9.63. The van der Waals surface area contributed by atoms with Gasteiger partial charge in [-0.15, -0.1) is 0 Å². The summed E-state index contributed by atoms with van der Waals surface area (Å²) in [6, 6.07) is 7.94. The summed E-state index contributed by atoms with van der Waals surface area (Å²) in [5, 5.41) is 0. The molecule has 9 nitrogen and oxygen atoms in total. The molecule has 18 heavy (non-hydrogen) atoms. The molecule has 0 bridgehead atoms. The molecule has 0 aliphatic heterocycles. The van der Waals surface area contributed by atoms with Crippen molar-refractivity contribution >= 4 is 26.7 Å². The molecule has 0 aliphatic rings. The molecule has 2 aromatic rings. The van der Waals surface area contributed by atoms with Gasteiger partial charge in [0.1, 0.15) is 0 Å². The molecule has 1 aromatic heterocycles. The van der Waals surface area contributed by atoms with E-state index in [1.807, 2.05) is 24.3 Å². The molecule has 0 atom stereocenters. The highest BCUT2D eigenvalue weighted by atomic mass is 31.3. The zero-order chi connectivity index (χ0) is 13.8. The molecule has 1 heterocycles. The molecule has 5 N–H and O–H groups in total. The van der Waals surface area contributed by atoms with Crippen LogP contribution in [0.25, 0.3) is 11.0 Å². The zero-order valence-electron chi connectivity index (χ0n) is 8.74. The fraction of sp³-hybridized carbons (Fsp3) is 0. The second kappa shape index (κ2) is 5.73. The third kappa shape index (κ3) is 6.04. The van der Waals surface area contributed by atoms with Gasteiger partial charge >= 0.3 is 15.6 Å². The topological polar surface area (TPSA) is 153 Å². The highest BCUT2D eigenvalue weighted by molar-refractivity contribution is 7.60. The van der Waals surface area contributed by atoms with E-state index in [-0.39, 0.29) is 0 Å². The third-order valence-electron chi connectivity index (χ3n) is 1.54. The van der Waals surface area contributed by atoms with Gasteiger partial charge in [-0.05, 0) is 12.1 Å². The number of rotatable bonds is 2. The molecule has 0 saturated carbocycles. The molecule has 100 valence electrons. The summed E-state index contributed by atoms with van der Waals surface area (Å²) in [6.07, 6.45) is 1.70. The Labute approximate surface area is 101 Å². The van der Waals surface area contributed by atoms with Crippen molar-refractivity contribution in [2.75, 3.05) is 0 Å². The SMILES string of the molecule is O=P(O)(O)OP(=O)(O)O.c1ccc2[nH]cnc2c1. The maximum Gasteiger partial charge on any atom is 0.478 e. The number of nitrogens with zero attached hydrogens (tertiary/aromatic N) is 1. The van der Waals surface area contributed by atoms with Crippen LogP contribution in [0.2, 0.25) is 0 Å². The number of imidazole rings is 1. The first-order valence-corrected chi connectivity index (χ1v) is 7.44. The highest BCUT2D eigenvalue weighted by Gasteiger charge is 2.27. The largest absolute Gasteiger partial charge is 0.478 e. The van der Waals surface area contributed by atoms with E-state index in [9.17, 15) is 9.13 Å². The van der Waals surface area contributed by atoms with E-state index in [2.05, 4.69) is 14.3 Å². The van der Waals surface area contributed by atoms with Crippen LogP contribution in [0.15, 0.2) is 30.6 Å². The predicted octanol–water partition coefficient (Wildman–Crippen LogP) is 0.751. The first-order valence-electron chi connectivity index (χ1n) is 4.38. The molecule has 0 spiro atoms. The number of fused-ring (bicyclic) bond motifs is 1. The van der Waals surface area contributed by atoms with Gasteiger partial charge < -0.3 is 24.6 Å². The van der Waals surface area contributed by atoms with Crippen LogP contribution in [-0.2, 0) is 13.4 Å². The average Bonchev–Trinajstić information content (AvgIpc) is 2.59. The number of aromatic nitrogens is 2. The van der Waals surface area contributed by atoms with Gasteiger partial charge in [0.2, 0.25) is 0 Å². The molecular formula is C7H10N2O7P2. The van der Waals surface area contributed by atoms with Crippen LogP contribution in [0.3, 0.4) is 0 Å². The lowest BCUT2D eigenvalue weighted by Crippen LogP contribution is -1.84. The fourth-order valence-corrected chi connectivity index (χ4v) is 2.13.